The number of benzene rings is 1. The predicted molar refractivity (Wildman–Crippen MR) is 89.6 cm³/mol. The van der Waals surface area contributed by atoms with Crippen LogP contribution in [0, 0.1) is 0 Å². The van der Waals surface area contributed by atoms with Crippen LogP contribution in [-0.4, -0.2) is 18.1 Å². The van der Waals surface area contributed by atoms with Gasteiger partial charge < -0.3 is 15.4 Å². The van der Waals surface area contributed by atoms with Crippen LogP contribution in [0.4, 0.5) is 4.79 Å². The van der Waals surface area contributed by atoms with E-state index in [1.54, 1.807) is 6.92 Å². The van der Waals surface area contributed by atoms with E-state index in [1.807, 2.05) is 24.3 Å². The van der Waals surface area contributed by atoms with Crippen LogP contribution in [0.1, 0.15) is 44.2 Å². The average molecular weight is 379 g/mol. The van der Waals surface area contributed by atoms with Crippen LogP contribution in [0.5, 0.6) is 0 Å². The van der Waals surface area contributed by atoms with E-state index >= 15 is 0 Å². The van der Waals surface area contributed by atoms with Crippen molar-refractivity contribution in [1.29, 1.82) is 0 Å². The quantitative estimate of drug-likeness (QED) is 0.790. The second-order valence-corrected chi connectivity index (χ2v) is 6.85. The summed E-state index contributed by atoms with van der Waals surface area (Å²) in [5.74, 6) is -0.352. The van der Waals surface area contributed by atoms with Gasteiger partial charge in [0.05, 0.1) is 11.6 Å². The summed E-state index contributed by atoms with van der Waals surface area (Å²) in [7, 11) is 0. The van der Waals surface area contributed by atoms with E-state index in [0.29, 0.717) is 11.3 Å². The molecule has 1 saturated carbocycles. The number of nitrogens with one attached hydrogen (secondary N) is 2. The summed E-state index contributed by atoms with van der Waals surface area (Å²) < 4.78 is 6.58. The first kappa shape index (κ1) is 16.1. The number of hydrogen-bond acceptors (Lipinski definition) is 3. The van der Waals surface area contributed by atoms with Crippen LogP contribution in [-0.2, 0) is 9.53 Å². The minimum atomic E-state index is -0.495. The monoisotopic (exact) mass is 378 g/mol. The summed E-state index contributed by atoms with van der Waals surface area (Å²) in [5.41, 5.74) is 1.87. The Hall–Kier alpha value is -1.82. The molecule has 2 N–H and O–H groups in total. The Kier molecular flexibility index (Phi) is 4.71. The number of esters is 1. The maximum absolute atomic E-state index is 12.6. The second-order valence-electron chi connectivity index (χ2n) is 5.93. The molecule has 0 spiro atoms. The Morgan fingerprint density at radius 1 is 1.22 bits per heavy atom. The number of ether oxygens (including phenoxy) is 1. The van der Waals surface area contributed by atoms with Gasteiger partial charge in [-0.1, -0.05) is 28.1 Å². The van der Waals surface area contributed by atoms with Crippen molar-refractivity contribution in [2.75, 3.05) is 0 Å². The molecule has 5 nitrogen and oxygen atoms in total. The molecule has 122 valence electrons. The van der Waals surface area contributed by atoms with Gasteiger partial charge in [0.25, 0.3) is 0 Å². The maximum atomic E-state index is 12.6. The number of carbonyl (C=O) groups excluding carboxylic acids is 2. The summed E-state index contributed by atoms with van der Waals surface area (Å²) in [6.45, 7) is 1.73. The molecule has 1 aliphatic carbocycles. The van der Waals surface area contributed by atoms with Gasteiger partial charge in [-0.3, -0.25) is 0 Å². The smallest absolute Gasteiger partial charge is 0.338 e. The average Bonchev–Trinajstić information content (AvgIpc) is 3.00. The number of urea groups is 1. The van der Waals surface area contributed by atoms with Crippen LogP contribution in [0.3, 0.4) is 0 Å². The molecule has 1 atom stereocenters. The van der Waals surface area contributed by atoms with Crippen LogP contribution in [0.15, 0.2) is 40.0 Å². The third-order valence-corrected chi connectivity index (χ3v) is 4.80. The van der Waals surface area contributed by atoms with Gasteiger partial charge in [-0.25, -0.2) is 9.59 Å². The van der Waals surface area contributed by atoms with Crippen molar-refractivity contribution in [3.05, 3.63) is 45.6 Å². The molecule has 0 unspecified atom stereocenters. The lowest BCUT2D eigenvalue weighted by atomic mass is 9.95. The first-order valence-electron chi connectivity index (χ1n) is 7.79. The zero-order valence-corrected chi connectivity index (χ0v) is 14.5. The molecule has 23 heavy (non-hydrogen) atoms. The molecule has 6 heteroatoms. The minimum absolute atomic E-state index is 0.00834. The van der Waals surface area contributed by atoms with E-state index < -0.39 is 6.04 Å². The highest BCUT2D eigenvalue weighted by Crippen LogP contribution is 2.30. The highest BCUT2D eigenvalue weighted by atomic mass is 79.9. The van der Waals surface area contributed by atoms with Gasteiger partial charge in [-0.05, 0) is 50.3 Å². The van der Waals surface area contributed by atoms with Gasteiger partial charge in [0.15, 0.2) is 0 Å². The molecule has 1 heterocycles. The third kappa shape index (κ3) is 3.58. The van der Waals surface area contributed by atoms with E-state index in [2.05, 4.69) is 26.6 Å². The van der Waals surface area contributed by atoms with Gasteiger partial charge in [0.1, 0.15) is 6.10 Å². The van der Waals surface area contributed by atoms with Crippen molar-refractivity contribution in [3.63, 3.8) is 0 Å². The molecule has 0 saturated heterocycles. The van der Waals surface area contributed by atoms with Crippen LogP contribution >= 0.6 is 15.9 Å². The largest absolute Gasteiger partial charge is 0.459 e. The molecule has 1 aliphatic heterocycles. The first-order valence-corrected chi connectivity index (χ1v) is 8.58. The number of carbonyl (C=O) groups is 2. The fraction of sp³-hybridized carbons (Fsp3) is 0.412. The number of allylic oxidation sites excluding steroid dienone is 1. The molecule has 0 bridgehead atoms. The van der Waals surface area contributed by atoms with Crippen molar-refractivity contribution in [3.8, 4) is 0 Å². The molecule has 1 fully saturated rings. The normalized spacial score (nSPS) is 21.8. The lowest BCUT2D eigenvalue weighted by molar-refractivity contribution is -0.144. The topological polar surface area (TPSA) is 67.4 Å². The zero-order chi connectivity index (χ0) is 16.4. The fourth-order valence-corrected chi connectivity index (χ4v) is 3.36. The molecule has 3 rings (SSSR count). The van der Waals surface area contributed by atoms with E-state index in [9.17, 15) is 9.59 Å². The van der Waals surface area contributed by atoms with Crippen molar-refractivity contribution < 1.29 is 14.3 Å². The number of amides is 2. The number of rotatable bonds is 3. The molecular weight excluding hydrogens is 360 g/mol. The van der Waals surface area contributed by atoms with Crippen LogP contribution in [0.25, 0.3) is 0 Å². The fourth-order valence-electron chi connectivity index (χ4n) is 3.09. The van der Waals surface area contributed by atoms with Crippen molar-refractivity contribution in [2.24, 2.45) is 0 Å². The molecule has 1 aromatic carbocycles. The molecule has 2 amide bonds. The Morgan fingerprint density at radius 2 is 1.87 bits per heavy atom. The Labute approximate surface area is 143 Å². The Bertz CT molecular complexity index is 648. The van der Waals surface area contributed by atoms with Gasteiger partial charge in [-0.2, -0.15) is 0 Å². The minimum Gasteiger partial charge on any atom is -0.459 e. The lowest BCUT2D eigenvalue weighted by Crippen LogP contribution is -2.45. The Morgan fingerprint density at radius 3 is 2.52 bits per heavy atom. The lowest BCUT2D eigenvalue weighted by Gasteiger charge is -2.29. The van der Waals surface area contributed by atoms with Crippen molar-refractivity contribution >= 4 is 27.9 Å². The van der Waals surface area contributed by atoms with Crippen LogP contribution < -0.4 is 10.6 Å². The van der Waals surface area contributed by atoms with Gasteiger partial charge in [0, 0.05) is 10.2 Å². The van der Waals surface area contributed by atoms with E-state index in [4.69, 9.17) is 4.74 Å². The van der Waals surface area contributed by atoms with Crippen molar-refractivity contribution in [2.45, 2.75) is 44.8 Å². The van der Waals surface area contributed by atoms with E-state index in [0.717, 1.165) is 35.7 Å². The summed E-state index contributed by atoms with van der Waals surface area (Å²) >= 11 is 3.39. The van der Waals surface area contributed by atoms with E-state index in [1.165, 1.54) is 0 Å². The molecular formula is C17H19BrN2O3. The van der Waals surface area contributed by atoms with Gasteiger partial charge >= 0.3 is 12.0 Å². The number of halogens is 1. The van der Waals surface area contributed by atoms with Gasteiger partial charge in [-0.15, -0.1) is 0 Å². The second kappa shape index (κ2) is 6.74. The van der Waals surface area contributed by atoms with E-state index in [-0.39, 0.29) is 18.1 Å². The predicted octanol–water partition coefficient (Wildman–Crippen LogP) is 3.56. The SMILES string of the molecule is CC1=C(C(=O)OC2CCCC2)[C@@H](c2ccc(Br)cc2)NC(=O)N1. The summed E-state index contributed by atoms with van der Waals surface area (Å²) in [6, 6.07) is 6.74. The Balaban J connectivity index is 1.88. The zero-order valence-electron chi connectivity index (χ0n) is 12.9. The molecule has 0 radical (unpaired) electrons. The summed E-state index contributed by atoms with van der Waals surface area (Å²) in [4.78, 5) is 24.5. The molecule has 0 aromatic heterocycles. The number of hydrogen-bond donors (Lipinski definition) is 2. The first-order chi connectivity index (χ1) is 11.0. The standard InChI is InChI=1S/C17H19BrN2O3/c1-10-14(16(21)23-13-4-2-3-5-13)15(20-17(22)19-10)11-6-8-12(18)9-7-11/h6-9,13,15H,2-5H2,1H3,(H2,19,20,22)/t15-/m1/s1. The molecule has 2 aliphatic rings. The maximum Gasteiger partial charge on any atom is 0.338 e. The highest BCUT2D eigenvalue weighted by molar-refractivity contribution is 9.10. The highest BCUT2D eigenvalue weighted by Gasteiger charge is 2.33. The van der Waals surface area contributed by atoms with Crippen LogP contribution in [0.2, 0.25) is 0 Å². The van der Waals surface area contributed by atoms with Crippen molar-refractivity contribution in [1.82, 2.24) is 10.6 Å². The van der Waals surface area contributed by atoms with Gasteiger partial charge in [0.2, 0.25) is 0 Å². The molecule has 1 aromatic rings. The summed E-state index contributed by atoms with van der Waals surface area (Å²) in [5, 5.41) is 5.48. The summed E-state index contributed by atoms with van der Waals surface area (Å²) in [6.07, 6.45) is 4.02. The third-order valence-electron chi connectivity index (χ3n) is 4.27.